The molecular weight excluding hydrogens is 400 g/mol. The zero-order valence-electron chi connectivity index (χ0n) is 17.9. The van der Waals surface area contributed by atoms with Crippen molar-refractivity contribution < 1.29 is 19.1 Å². The van der Waals surface area contributed by atoms with Crippen molar-refractivity contribution in [2.75, 3.05) is 26.1 Å². The van der Waals surface area contributed by atoms with Crippen LogP contribution < -0.4 is 25.4 Å². The van der Waals surface area contributed by atoms with Crippen LogP contribution in [0.1, 0.15) is 24.2 Å². The first-order chi connectivity index (χ1) is 14.9. The van der Waals surface area contributed by atoms with Crippen molar-refractivity contribution in [3.05, 3.63) is 42.0 Å². The molecule has 0 aliphatic rings. The zero-order valence-corrected chi connectivity index (χ0v) is 17.9. The molecule has 3 N–H and O–H groups in total. The quantitative estimate of drug-likeness (QED) is 0.509. The van der Waals surface area contributed by atoms with Crippen molar-refractivity contribution in [2.24, 2.45) is 0 Å². The minimum absolute atomic E-state index is 0.0501. The summed E-state index contributed by atoms with van der Waals surface area (Å²) in [6.07, 6.45) is 0. The number of fused-ring (bicyclic) bond motifs is 1. The van der Waals surface area contributed by atoms with Crippen molar-refractivity contribution in [3.63, 3.8) is 0 Å². The van der Waals surface area contributed by atoms with Crippen molar-refractivity contribution in [2.45, 2.75) is 26.4 Å². The summed E-state index contributed by atoms with van der Waals surface area (Å²) in [6, 6.07) is 10.0. The lowest BCUT2D eigenvalue weighted by atomic mass is 10.2. The van der Waals surface area contributed by atoms with E-state index in [0.29, 0.717) is 41.4 Å². The fourth-order valence-corrected chi connectivity index (χ4v) is 2.95. The van der Waals surface area contributed by atoms with Gasteiger partial charge in [-0.25, -0.2) is 9.48 Å². The molecule has 3 rings (SSSR count). The number of nitrogens with zero attached hydrogens (tertiary/aromatic N) is 3. The molecule has 0 radical (unpaired) electrons. The first kappa shape index (κ1) is 21.9. The third kappa shape index (κ3) is 5.62. The Hall–Kier alpha value is -3.82. The predicted molar refractivity (Wildman–Crippen MR) is 117 cm³/mol. The summed E-state index contributed by atoms with van der Waals surface area (Å²) < 4.78 is 12.1. The van der Waals surface area contributed by atoms with Crippen LogP contribution in [0.5, 0.6) is 11.5 Å². The SMILES string of the molecule is COc1cc(NC(=O)NCCn2nnc3cc(C(=O)NC(C)C)ccc32)cc(OC)c1. The van der Waals surface area contributed by atoms with E-state index in [1.165, 1.54) is 0 Å². The zero-order chi connectivity index (χ0) is 22.4. The van der Waals surface area contributed by atoms with Crippen molar-refractivity contribution >= 4 is 28.7 Å². The summed E-state index contributed by atoms with van der Waals surface area (Å²) in [6.45, 7) is 4.56. The molecule has 0 unspecified atom stereocenters. The Morgan fingerprint density at radius 2 is 1.77 bits per heavy atom. The highest BCUT2D eigenvalue weighted by atomic mass is 16.5. The maximum atomic E-state index is 12.2. The summed E-state index contributed by atoms with van der Waals surface area (Å²) in [5.41, 5.74) is 2.47. The fraction of sp³-hybridized carbons (Fsp3) is 0.333. The summed E-state index contributed by atoms with van der Waals surface area (Å²) in [7, 11) is 3.08. The second-order valence-electron chi connectivity index (χ2n) is 7.13. The molecule has 0 atom stereocenters. The molecule has 31 heavy (non-hydrogen) atoms. The van der Waals surface area contributed by atoms with Gasteiger partial charge in [0.2, 0.25) is 0 Å². The molecule has 164 valence electrons. The van der Waals surface area contributed by atoms with Crippen LogP contribution in [0.2, 0.25) is 0 Å². The van der Waals surface area contributed by atoms with Gasteiger partial charge >= 0.3 is 6.03 Å². The molecule has 10 heteroatoms. The van der Waals surface area contributed by atoms with E-state index in [4.69, 9.17) is 9.47 Å². The molecule has 3 amide bonds. The molecule has 0 spiro atoms. The number of nitrogens with one attached hydrogen (secondary N) is 3. The van der Waals surface area contributed by atoms with E-state index in [2.05, 4.69) is 26.3 Å². The Bertz CT molecular complexity index is 1060. The molecule has 0 aliphatic carbocycles. The molecule has 1 aromatic heterocycles. The van der Waals surface area contributed by atoms with Gasteiger partial charge in [0.25, 0.3) is 5.91 Å². The molecule has 10 nitrogen and oxygen atoms in total. The lowest BCUT2D eigenvalue weighted by molar-refractivity contribution is 0.0943. The Morgan fingerprint density at radius 3 is 2.42 bits per heavy atom. The van der Waals surface area contributed by atoms with Gasteiger partial charge in [0.05, 0.1) is 26.3 Å². The van der Waals surface area contributed by atoms with Crippen LogP contribution >= 0.6 is 0 Å². The van der Waals surface area contributed by atoms with Gasteiger partial charge in [-0.2, -0.15) is 0 Å². The van der Waals surface area contributed by atoms with Gasteiger partial charge in [-0.15, -0.1) is 5.10 Å². The van der Waals surface area contributed by atoms with Gasteiger partial charge in [0, 0.05) is 42.0 Å². The lowest BCUT2D eigenvalue weighted by Gasteiger charge is -2.11. The second kappa shape index (κ2) is 9.79. The number of aromatic nitrogens is 3. The molecule has 0 fully saturated rings. The van der Waals surface area contributed by atoms with Gasteiger partial charge in [-0.3, -0.25) is 4.79 Å². The first-order valence-corrected chi connectivity index (χ1v) is 9.81. The molecule has 0 bridgehead atoms. The van der Waals surface area contributed by atoms with Crippen LogP contribution in [0.15, 0.2) is 36.4 Å². The summed E-state index contributed by atoms with van der Waals surface area (Å²) in [5.74, 6) is 0.995. The van der Waals surface area contributed by atoms with Gasteiger partial charge in [-0.1, -0.05) is 5.21 Å². The normalized spacial score (nSPS) is 10.7. The molecule has 3 aromatic rings. The first-order valence-electron chi connectivity index (χ1n) is 9.81. The Labute approximate surface area is 179 Å². The van der Waals surface area contributed by atoms with Crippen LogP contribution in [0.25, 0.3) is 11.0 Å². The van der Waals surface area contributed by atoms with Gasteiger partial charge in [0.1, 0.15) is 17.0 Å². The highest BCUT2D eigenvalue weighted by Crippen LogP contribution is 2.25. The number of hydrogen-bond donors (Lipinski definition) is 3. The van der Waals surface area contributed by atoms with Gasteiger partial charge in [0.15, 0.2) is 0 Å². The predicted octanol–water partition coefficient (Wildman–Crippen LogP) is 2.41. The topological polar surface area (TPSA) is 119 Å². The minimum Gasteiger partial charge on any atom is -0.497 e. The third-order valence-electron chi connectivity index (χ3n) is 4.41. The van der Waals surface area contributed by atoms with Crippen LogP contribution in [0.4, 0.5) is 10.5 Å². The van der Waals surface area contributed by atoms with E-state index < -0.39 is 0 Å². The molecular formula is C21H26N6O4. The molecule has 0 saturated heterocycles. The average Bonchev–Trinajstić information content (AvgIpc) is 3.15. The number of rotatable bonds is 8. The lowest BCUT2D eigenvalue weighted by Crippen LogP contribution is -2.31. The maximum absolute atomic E-state index is 12.2. The number of anilines is 1. The summed E-state index contributed by atoms with van der Waals surface area (Å²) in [4.78, 5) is 24.4. The number of benzene rings is 2. The molecule has 1 heterocycles. The van der Waals surface area contributed by atoms with Crippen molar-refractivity contribution in [1.29, 1.82) is 0 Å². The monoisotopic (exact) mass is 426 g/mol. The highest BCUT2D eigenvalue weighted by molar-refractivity contribution is 5.97. The number of hydrogen-bond acceptors (Lipinski definition) is 6. The second-order valence-corrected chi connectivity index (χ2v) is 7.13. The number of carbonyl (C=O) groups excluding carboxylic acids is 2. The smallest absolute Gasteiger partial charge is 0.319 e. The number of ether oxygens (including phenoxy) is 2. The van der Waals surface area contributed by atoms with Crippen LogP contribution in [0.3, 0.4) is 0 Å². The van der Waals surface area contributed by atoms with Gasteiger partial charge in [-0.05, 0) is 32.0 Å². The minimum atomic E-state index is -0.368. The van der Waals surface area contributed by atoms with E-state index in [-0.39, 0.29) is 18.0 Å². The number of carbonyl (C=O) groups is 2. The third-order valence-corrected chi connectivity index (χ3v) is 4.41. The standard InChI is InChI=1S/C21H26N6O4/c1-13(2)23-20(28)14-5-6-19-18(9-14)25-26-27(19)8-7-22-21(29)24-15-10-16(30-3)12-17(11-15)31-4/h5-6,9-13H,7-8H2,1-4H3,(H,23,28)(H2,22,24,29). The van der Waals surface area contributed by atoms with Crippen LogP contribution in [0, 0.1) is 0 Å². The van der Waals surface area contributed by atoms with E-state index in [9.17, 15) is 9.59 Å². The number of urea groups is 1. The van der Waals surface area contributed by atoms with Crippen LogP contribution in [-0.2, 0) is 6.54 Å². The van der Waals surface area contributed by atoms with E-state index in [1.807, 2.05) is 13.8 Å². The molecule has 0 saturated carbocycles. The Kier molecular flexibility index (Phi) is 6.91. The number of methoxy groups -OCH3 is 2. The van der Waals surface area contributed by atoms with E-state index in [0.717, 1.165) is 5.52 Å². The van der Waals surface area contributed by atoms with Crippen molar-refractivity contribution in [1.82, 2.24) is 25.6 Å². The number of amides is 3. The fourth-order valence-electron chi connectivity index (χ4n) is 2.95. The highest BCUT2D eigenvalue weighted by Gasteiger charge is 2.11. The van der Waals surface area contributed by atoms with E-state index in [1.54, 1.807) is 55.3 Å². The van der Waals surface area contributed by atoms with E-state index >= 15 is 0 Å². The largest absolute Gasteiger partial charge is 0.497 e. The molecule has 0 aliphatic heterocycles. The average molecular weight is 426 g/mol. The Balaban J connectivity index is 1.58. The summed E-state index contributed by atoms with van der Waals surface area (Å²) >= 11 is 0. The van der Waals surface area contributed by atoms with Crippen molar-refractivity contribution in [3.8, 4) is 11.5 Å². The van der Waals surface area contributed by atoms with Crippen LogP contribution in [-0.4, -0.2) is 53.7 Å². The molecule has 2 aromatic carbocycles. The Morgan fingerprint density at radius 1 is 1.06 bits per heavy atom. The maximum Gasteiger partial charge on any atom is 0.319 e. The summed E-state index contributed by atoms with van der Waals surface area (Å²) in [5, 5.41) is 16.6. The van der Waals surface area contributed by atoms with Gasteiger partial charge < -0.3 is 25.4 Å².